The second kappa shape index (κ2) is 5.10. The van der Waals surface area contributed by atoms with E-state index in [4.69, 9.17) is 9.47 Å². The Morgan fingerprint density at radius 3 is 2.89 bits per heavy atom. The van der Waals surface area contributed by atoms with Crippen molar-refractivity contribution in [3.05, 3.63) is 33.3 Å². The molecule has 0 saturated heterocycles. The molecule has 0 spiro atoms. The summed E-state index contributed by atoms with van der Waals surface area (Å²) in [6, 6.07) is 3.67. The zero-order chi connectivity index (χ0) is 13.3. The van der Waals surface area contributed by atoms with Crippen LogP contribution in [0.1, 0.15) is 40.9 Å². The van der Waals surface area contributed by atoms with E-state index in [9.17, 15) is 9.59 Å². The van der Waals surface area contributed by atoms with Gasteiger partial charge in [-0.25, -0.2) is 4.79 Å². The number of benzene rings is 1. The Bertz CT molecular complexity index is 510. The quantitative estimate of drug-likeness (QED) is 0.805. The van der Waals surface area contributed by atoms with E-state index in [1.54, 1.807) is 6.92 Å². The molecule has 5 heteroatoms. The van der Waals surface area contributed by atoms with Crippen molar-refractivity contribution in [2.45, 2.75) is 26.4 Å². The van der Waals surface area contributed by atoms with Crippen molar-refractivity contribution in [3.63, 3.8) is 0 Å². The van der Waals surface area contributed by atoms with Gasteiger partial charge in [0.1, 0.15) is 6.10 Å². The normalized spacial score (nSPS) is 17.3. The van der Waals surface area contributed by atoms with Crippen LogP contribution in [0.2, 0.25) is 0 Å². The Kier molecular flexibility index (Phi) is 3.71. The minimum atomic E-state index is -0.539. The summed E-state index contributed by atoms with van der Waals surface area (Å²) < 4.78 is 11.0. The van der Waals surface area contributed by atoms with Crippen molar-refractivity contribution >= 4 is 27.9 Å². The molecule has 96 valence electrons. The molecule has 0 bridgehead atoms. The number of hydrogen-bond donors (Lipinski definition) is 0. The maximum atomic E-state index is 11.8. The molecule has 0 aromatic heterocycles. The summed E-state index contributed by atoms with van der Waals surface area (Å²) in [5.74, 6) is -0.731. The number of halogens is 1. The molecule has 1 heterocycles. The molecule has 18 heavy (non-hydrogen) atoms. The zero-order valence-corrected chi connectivity index (χ0v) is 11.7. The number of esters is 2. The molecule has 1 aromatic carbocycles. The third-order valence-electron chi connectivity index (χ3n) is 2.79. The molecule has 0 aliphatic carbocycles. The highest BCUT2D eigenvalue weighted by molar-refractivity contribution is 9.10. The molecule has 4 nitrogen and oxygen atoms in total. The van der Waals surface area contributed by atoms with Gasteiger partial charge < -0.3 is 9.47 Å². The maximum absolute atomic E-state index is 11.8. The summed E-state index contributed by atoms with van der Waals surface area (Å²) in [5, 5.41) is 0. The predicted octanol–water partition coefficient (Wildman–Crippen LogP) is 2.92. The molecule has 1 aliphatic heterocycles. The number of carbonyl (C=O) groups is 2. The van der Waals surface area contributed by atoms with E-state index in [0.29, 0.717) is 12.2 Å². The molecule has 0 N–H and O–H groups in total. The molecule has 0 saturated carbocycles. The first kappa shape index (κ1) is 13.1. The highest BCUT2D eigenvalue weighted by Gasteiger charge is 2.34. The smallest absolute Gasteiger partial charge is 0.339 e. The van der Waals surface area contributed by atoms with Crippen LogP contribution in [0.15, 0.2) is 16.6 Å². The molecule has 1 aliphatic rings. The van der Waals surface area contributed by atoms with Gasteiger partial charge >= 0.3 is 11.9 Å². The van der Waals surface area contributed by atoms with Crippen LogP contribution in [-0.2, 0) is 14.3 Å². The van der Waals surface area contributed by atoms with Crippen LogP contribution in [-0.4, -0.2) is 18.5 Å². The lowest BCUT2D eigenvalue weighted by Crippen LogP contribution is -2.10. The van der Waals surface area contributed by atoms with Gasteiger partial charge in [0.2, 0.25) is 0 Å². The summed E-state index contributed by atoms with van der Waals surface area (Å²) in [5.41, 5.74) is 2.16. The van der Waals surface area contributed by atoms with Crippen LogP contribution in [0.3, 0.4) is 0 Å². The minimum Gasteiger partial charge on any atom is -0.466 e. The summed E-state index contributed by atoms with van der Waals surface area (Å²) in [6.45, 7) is 3.91. The number of aryl methyl sites for hydroxylation is 1. The van der Waals surface area contributed by atoms with Crippen LogP contribution in [0.25, 0.3) is 0 Å². The largest absolute Gasteiger partial charge is 0.466 e. The highest BCUT2D eigenvalue weighted by atomic mass is 79.9. The van der Waals surface area contributed by atoms with E-state index in [0.717, 1.165) is 15.6 Å². The van der Waals surface area contributed by atoms with Crippen molar-refractivity contribution in [3.8, 4) is 0 Å². The molecular weight excluding hydrogens is 300 g/mol. The van der Waals surface area contributed by atoms with Gasteiger partial charge in [-0.05, 0) is 31.5 Å². The molecule has 0 amide bonds. The Balaban J connectivity index is 2.30. The first-order valence-electron chi connectivity index (χ1n) is 5.69. The molecule has 1 aromatic rings. The lowest BCUT2D eigenvalue weighted by Gasteiger charge is -2.10. The first-order valence-corrected chi connectivity index (χ1v) is 6.49. The second-order valence-electron chi connectivity index (χ2n) is 4.09. The third kappa shape index (κ3) is 2.41. The molecule has 0 fully saturated rings. The average molecular weight is 313 g/mol. The summed E-state index contributed by atoms with van der Waals surface area (Å²) in [6.07, 6.45) is -0.481. The Labute approximate surface area is 113 Å². The van der Waals surface area contributed by atoms with Gasteiger partial charge in [0.05, 0.1) is 18.6 Å². The van der Waals surface area contributed by atoms with Crippen LogP contribution in [0, 0.1) is 6.92 Å². The number of cyclic esters (lactones) is 1. The molecule has 1 unspecified atom stereocenters. The van der Waals surface area contributed by atoms with Gasteiger partial charge in [0, 0.05) is 10.0 Å². The minimum absolute atomic E-state index is 0.0580. The van der Waals surface area contributed by atoms with Crippen LogP contribution >= 0.6 is 15.9 Å². The summed E-state index contributed by atoms with van der Waals surface area (Å²) in [7, 11) is 0. The van der Waals surface area contributed by atoms with E-state index in [-0.39, 0.29) is 18.4 Å². The van der Waals surface area contributed by atoms with Crippen LogP contribution < -0.4 is 0 Å². The van der Waals surface area contributed by atoms with Gasteiger partial charge in [-0.1, -0.05) is 15.9 Å². The highest BCUT2D eigenvalue weighted by Crippen LogP contribution is 2.37. The SMILES string of the molecule is CCOC(=O)CC1OC(=O)c2c(C)cc(Br)cc21. The average Bonchev–Trinajstić information content (AvgIpc) is 2.55. The van der Waals surface area contributed by atoms with Crippen molar-refractivity contribution in [1.29, 1.82) is 0 Å². The van der Waals surface area contributed by atoms with E-state index in [2.05, 4.69) is 15.9 Å². The van der Waals surface area contributed by atoms with Crippen LogP contribution in [0.4, 0.5) is 0 Å². The fourth-order valence-corrected chi connectivity index (χ4v) is 2.67. The topological polar surface area (TPSA) is 52.6 Å². The van der Waals surface area contributed by atoms with E-state index in [1.165, 1.54) is 0 Å². The van der Waals surface area contributed by atoms with Gasteiger partial charge in [0.15, 0.2) is 0 Å². The maximum Gasteiger partial charge on any atom is 0.339 e. The van der Waals surface area contributed by atoms with Gasteiger partial charge in [-0.15, -0.1) is 0 Å². The fourth-order valence-electron chi connectivity index (χ4n) is 2.08. The number of ether oxygens (including phenoxy) is 2. The van der Waals surface area contributed by atoms with E-state index < -0.39 is 6.10 Å². The summed E-state index contributed by atoms with van der Waals surface area (Å²) in [4.78, 5) is 23.2. The molecule has 0 radical (unpaired) electrons. The Morgan fingerprint density at radius 2 is 2.22 bits per heavy atom. The second-order valence-corrected chi connectivity index (χ2v) is 5.01. The monoisotopic (exact) mass is 312 g/mol. The molecular formula is C13H13BrO4. The number of carbonyl (C=O) groups excluding carboxylic acids is 2. The summed E-state index contributed by atoms with van der Waals surface area (Å²) >= 11 is 3.38. The zero-order valence-electron chi connectivity index (χ0n) is 10.2. The fraction of sp³-hybridized carbons (Fsp3) is 0.385. The van der Waals surface area contributed by atoms with Crippen molar-refractivity contribution in [1.82, 2.24) is 0 Å². The van der Waals surface area contributed by atoms with Crippen molar-refractivity contribution in [2.75, 3.05) is 6.61 Å². The Morgan fingerprint density at radius 1 is 1.50 bits per heavy atom. The van der Waals surface area contributed by atoms with Gasteiger partial charge in [-0.3, -0.25) is 4.79 Å². The van der Waals surface area contributed by atoms with Crippen molar-refractivity contribution < 1.29 is 19.1 Å². The van der Waals surface area contributed by atoms with Crippen LogP contribution in [0.5, 0.6) is 0 Å². The predicted molar refractivity (Wildman–Crippen MR) is 68.3 cm³/mol. The van der Waals surface area contributed by atoms with E-state index >= 15 is 0 Å². The van der Waals surface area contributed by atoms with E-state index in [1.807, 2.05) is 19.1 Å². The number of rotatable bonds is 3. The standard InChI is InChI=1S/C13H13BrO4/c1-3-17-11(15)6-10-9-5-8(14)4-7(2)12(9)13(16)18-10/h4-5,10H,3,6H2,1-2H3. The van der Waals surface area contributed by atoms with Gasteiger partial charge in [-0.2, -0.15) is 0 Å². The molecule has 1 atom stereocenters. The lowest BCUT2D eigenvalue weighted by molar-refractivity contribution is -0.145. The first-order chi connectivity index (χ1) is 8.52. The number of hydrogen-bond acceptors (Lipinski definition) is 4. The van der Waals surface area contributed by atoms with Gasteiger partial charge in [0.25, 0.3) is 0 Å². The molecule has 2 rings (SSSR count). The van der Waals surface area contributed by atoms with Crippen molar-refractivity contribution in [2.24, 2.45) is 0 Å². The lowest BCUT2D eigenvalue weighted by atomic mass is 9.99. The third-order valence-corrected chi connectivity index (χ3v) is 3.25. The Hall–Kier alpha value is -1.36. The number of fused-ring (bicyclic) bond motifs is 1.